The van der Waals surface area contributed by atoms with Gasteiger partial charge in [0.05, 0.1) is 11.4 Å². The first kappa shape index (κ1) is 28.8. The second kappa shape index (κ2) is 11.7. The second-order valence-electron chi connectivity index (χ2n) is 12.9. The Kier molecular flexibility index (Phi) is 6.75. The van der Waals surface area contributed by atoms with Crippen LogP contribution in [0.5, 0.6) is 0 Å². The molecule has 0 amide bonds. The summed E-state index contributed by atoms with van der Waals surface area (Å²) in [4.78, 5) is 2.49. The predicted molar refractivity (Wildman–Crippen MR) is 217 cm³/mol. The first-order valence-corrected chi connectivity index (χ1v) is 17.9. The van der Waals surface area contributed by atoms with E-state index in [9.17, 15) is 0 Å². The Morgan fingerprint density at radius 3 is 1.64 bits per heavy atom. The van der Waals surface area contributed by atoms with Gasteiger partial charge >= 0.3 is 0 Å². The highest BCUT2D eigenvalue weighted by Crippen LogP contribution is 2.48. The zero-order chi connectivity index (χ0) is 33.0. The normalized spacial score (nSPS) is 11.6. The van der Waals surface area contributed by atoms with Crippen LogP contribution in [0.1, 0.15) is 0 Å². The van der Waals surface area contributed by atoms with Crippen molar-refractivity contribution in [3.05, 3.63) is 188 Å². The maximum absolute atomic E-state index is 2.49. The van der Waals surface area contributed by atoms with Gasteiger partial charge < -0.3 is 4.90 Å². The Hall–Kier alpha value is -6.22. The van der Waals surface area contributed by atoms with Crippen LogP contribution in [0, 0.1) is 0 Å². The molecule has 10 rings (SSSR count). The molecule has 0 aliphatic carbocycles. The highest BCUT2D eigenvalue weighted by molar-refractivity contribution is 7.25. The van der Waals surface area contributed by atoms with E-state index in [2.05, 4.69) is 193 Å². The predicted octanol–water partition coefficient (Wildman–Crippen LogP) is 14.3. The summed E-state index contributed by atoms with van der Waals surface area (Å²) in [5, 5.41) is 10.1. The van der Waals surface area contributed by atoms with Crippen LogP contribution < -0.4 is 4.90 Å². The second-order valence-corrected chi connectivity index (χ2v) is 13.9. The molecule has 50 heavy (non-hydrogen) atoms. The fourth-order valence-corrected chi connectivity index (χ4v) is 8.88. The van der Waals surface area contributed by atoms with Crippen molar-refractivity contribution in [2.45, 2.75) is 0 Å². The van der Waals surface area contributed by atoms with Crippen LogP contribution in [0.25, 0.3) is 74.7 Å². The lowest BCUT2D eigenvalue weighted by Gasteiger charge is -2.30. The fourth-order valence-electron chi connectivity index (χ4n) is 7.79. The van der Waals surface area contributed by atoms with Gasteiger partial charge in [0.25, 0.3) is 0 Å². The van der Waals surface area contributed by atoms with E-state index in [-0.39, 0.29) is 0 Å². The van der Waals surface area contributed by atoms with Crippen LogP contribution in [0.2, 0.25) is 0 Å². The number of hydrogen-bond donors (Lipinski definition) is 0. The lowest BCUT2D eigenvalue weighted by molar-refractivity contribution is 1.29. The van der Waals surface area contributed by atoms with Gasteiger partial charge in [0.2, 0.25) is 0 Å². The summed E-state index contributed by atoms with van der Waals surface area (Å²) < 4.78 is 2.61. The molecule has 1 aromatic heterocycles. The molecule has 0 saturated heterocycles. The van der Waals surface area contributed by atoms with Crippen LogP contribution >= 0.6 is 11.3 Å². The molecule has 2 heteroatoms. The van der Waals surface area contributed by atoms with Gasteiger partial charge in [-0.3, -0.25) is 0 Å². The molecular formula is C48H31NS. The molecule has 0 unspecified atom stereocenters. The summed E-state index contributed by atoms with van der Waals surface area (Å²) in [6.45, 7) is 0. The number of thiophene rings is 1. The molecule has 0 N–H and O–H groups in total. The van der Waals surface area contributed by atoms with E-state index in [0.717, 1.165) is 17.1 Å². The third-order valence-corrected chi connectivity index (χ3v) is 11.2. The monoisotopic (exact) mass is 653 g/mol. The number of para-hydroxylation sites is 2. The van der Waals surface area contributed by atoms with Crippen molar-refractivity contribution in [1.82, 2.24) is 0 Å². The van der Waals surface area contributed by atoms with Crippen LogP contribution in [0.15, 0.2) is 188 Å². The van der Waals surface area contributed by atoms with Crippen LogP contribution in [0.4, 0.5) is 17.1 Å². The van der Waals surface area contributed by atoms with Gasteiger partial charge in [0.15, 0.2) is 0 Å². The average Bonchev–Trinajstić information content (AvgIpc) is 3.56. The third kappa shape index (κ3) is 4.61. The van der Waals surface area contributed by atoms with E-state index in [0.29, 0.717) is 0 Å². The molecule has 0 bridgehead atoms. The van der Waals surface area contributed by atoms with Gasteiger partial charge in [-0.2, -0.15) is 0 Å². The van der Waals surface area contributed by atoms with Crippen molar-refractivity contribution in [2.24, 2.45) is 0 Å². The van der Waals surface area contributed by atoms with Gasteiger partial charge in [-0.25, -0.2) is 0 Å². The van der Waals surface area contributed by atoms with Crippen molar-refractivity contribution < 1.29 is 0 Å². The van der Waals surface area contributed by atoms with Gasteiger partial charge in [-0.15, -0.1) is 11.3 Å². The van der Waals surface area contributed by atoms with Crippen molar-refractivity contribution in [1.29, 1.82) is 0 Å². The van der Waals surface area contributed by atoms with Gasteiger partial charge in [-0.05, 0) is 85.9 Å². The number of benzene rings is 9. The summed E-state index contributed by atoms with van der Waals surface area (Å²) in [7, 11) is 0. The number of nitrogens with zero attached hydrogens (tertiary/aromatic N) is 1. The van der Waals surface area contributed by atoms with E-state index < -0.39 is 0 Å². The SMILES string of the molecule is c1ccc(N(c2ccc3sc4ccccc4c3c2)c2ccccc2-c2cc3ccccc3c3ccccc23)c(-c2cccc3ccccc23)c1. The first-order chi connectivity index (χ1) is 24.8. The minimum Gasteiger partial charge on any atom is -0.309 e. The molecule has 0 aliphatic rings. The highest BCUT2D eigenvalue weighted by Gasteiger charge is 2.23. The minimum atomic E-state index is 1.13. The van der Waals surface area contributed by atoms with E-state index in [1.54, 1.807) is 0 Å². The van der Waals surface area contributed by atoms with E-state index in [4.69, 9.17) is 0 Å². The lowest BCUT2D eigenvalue weighted by atomic mass is 9.91. The molecule has 0 radical (unpaired) electrons. The molecular weight excluding hydrogens is 623 g/mol. The molecule has 0 atom stereocenters. The zero-order valence-electron chi connectivity index (χ0n) is 27.3. The van der Waals surface area contributed by atoms with Crippen LogP contribution in [-0.2, 0) is 0 Å². The molecule has 0 saturated carbocycles. The molecule has 1 heterocycles. The Labute approximate surface area is 294 Å². The highest BCUT2D eigenvalue weighted by atomic mass is 32.1. The lowest BCUT2D eigenvalue weighted by Crippen LogP contribution is -2.12. The summed E-state index contributed by atoms with van der Waals surface area (Å²) in [6, 6.07) is 68.9. The molecule has 0 fully saturated rings. The molecule has 0 aliphatic heterocycles. The molecule has 1 nitrogen and oxygen atoms in total. The van der Waals surface area contributed by atoms with E-state index in [1.807, 2.05) is 11.3 Å². The van der Waals surface area contributed by atoms with Crippen LogP contribution in [-0.4, -0.2) is 0 Å². The summed E-state index contributed by atoms with van der Waals surface area (Å²) in [5.74, 6) is 0. The van der Waals surface area contributed by atoms with Crippen molar-refractivity contribution in [3.8, 4) is 22.3 Å². The Balaban J connectivity index is 1.29. The number of fused-ring (bicyclic) bond motifs is 7. The van der Waals surface area contributed by atoms with Gasteiger partial charge in [0, 0.05) is 37.0 Å². The number of anilines is 3. The maximum atomic E-state index is 2.49. The average molecular weight is 654 g/mol. The molecule has 9 aromatic carbocycles. The largest absolute Gasteiger partial charge is 0.309 e. The van der Waals surface area contributed by atoms with Gasteiger partial charge in [-0.1, -0.05) is 146 Å². The Morgan fingerprint density at radius 1 is 0.300 bits per heavy atom. The van der Waals surface area contributed by atoms with Crippen molar-refractivity contribution in [3.63, 3.8) is 0 Å². The van der Waals surface area contributed by atoms with Gasteiger partial charge in [0.1, 0.15) is 0 Å². The minimum absolute atomic E-state index is 1.13. The molecule has 10 aromatic rings. The van der Waals surface area contributed by atoms with Crippen molar-refractivity contribution >= 4 is 80.9 Å². The van der Waals surface area contributed by atoms with Crippen LogP contribution in [0.3, 0.4) is 0 Å². The van der Waals surface area contributed by atoms with Crippen molar-refractivity contribution in [2.75, 3.05) is 4.90 Å². The smallest absolute Gasteiger partial charge is 0.0540 e. The maximum Gasteiger partial charge on any atom is 0.0540 e. The Bertz CT molecular complexity index is 2890. The number of hydrogen-bond acceptors (Lipinski definition) is 2. The van der Waals surface area contributed by atoms with E-state index in [1.165, 1.54) is 74.7 Å². The van der Waals surface area contributed by atoms with E-state index >= 15 is 0 Å². The third-order valence-electron chi connectivity index (χ3n) is 10.0. The summed E-state index contributed by atoms with van der Waals surface area (Å²) >= 11 is 1.86. The Morgan fingerprint density at radius 2 is 0.840 bits per heavy atom. The molecule has 0 spiro atoms. The summed E-state index contributed by atoms with van der Waals surface area (Å²) in [6.07, 6.45) is 0. The standard InChI is InChI=1S/C48H31NS/c1-3-17-35-32(14-1)16-13-24-38(35)40-21-7-10-25-45(40)49(34-28-29-48-44(31-34)42-23-9-12-27-47(42)50-48)46-26-11-8-22-41(46)43-30-33-15-2-4-18-36(33)37-19-5-6-20-39(37)43/h1-31H. The number of rotatable bonds is 5. The first-order valence-electron chi connectivity index (χ1n) is 17.1. The zero-order valence-corrected chi connectivity index (χ0v) is 28.1. The molecule has 234 valence electrons. The summed E-state index contributed by atoms with van der Waals surface area (Å²) in [5.41, 5.74) is 8.24. The topological polar surface area (TPSA) is 3.24 Å². The fraction of sp³-hybridized carbons (Fsp3) is 0. The quantitative estimate of drug-likeness (QED) is 0.167.